The molecule has 0 aliphatic carbocycles. The number of carbonyl (C=O) groups is 1. The number of carbonyl (C=O) groups excluding carboxylic acids is 1. The van der Waals surface area contributed by atoms with E-state index in [0.29, 0.717) is 36.0 Å². The summed E-state index contributed by atoms with van der Waals surface area (Å²) in [6, 6.07) is 5.66. The Labute approximate surface area is 156 Å². The molecule has 0 bridgehead atoms. The topological polar surface area (TPSA) is 51.2 Å². The first kappa shape index (κ1) is 17.2. The fourth-order valence-corrected chi connectivity index (χ4v) is 3.99. The van der Waals surface area contributed by atoms with E-state index in [-0.39, 0.29) is 5.91 Å². The maximum absolute atomic E-state index is 12.9. The van der Waals surface area contributed by atoms with Crippen LogP contribution in [0.5, 0.6) is 17.2 Å². The maximum Gasteiger partial charge on any atom is 0.254 e. The van der Waals surface area contributed by atoms with Crippen molar-refractivity contribution in [2.24, 2.45) is 0 Å². The lowest BCUT2D eigenvalue weighted by atomic mass is 10.1. The second-order valence-electron chi connectivity index (χ2n) is 6.40. The number of amides is 1. The van der Waals surface area contributed by atoms with E-state index in [9.17, 15) is 4.79 Å². The van der Waals surface area contributed by atoms with Gasteiger partial charge in [0.15, 0.2) is 11.5 Å². The van der Waals surface area contributed by atoms with Crippen LogP contribution >= 0.6 is 11.3 Å². The molecule has 0 saturated carbocycles. The Kier molecular flexibility index (Phi) is 4.99. The van der Waals surface area contributed by atoms with Gasteiger partial charge < -0.3 is 19.1 Å². The molecule has 2 aliphatic heterocycles. The predicted molar refractivity (Wildman–Crippen MR) is 99.5 cm³/mol. The number of methoxy groups -OCH3 is 1. The lowest BCUT2D eigenvalue weighted by Crippen LogP contribution is -2.48. The van der Waals surface area contributed by atoms with Gasteiger partial charge in [0.25, 0.3) is 5.91 Å². The van der Waals surface area contributed by atoms with Gasteiger partial charge in [0.1, 0.15) is 13.2 Å². The summed E-state index contributed by atoms with van der Waals surface area (Å²) in [5, 5.41) is 4.28. The molecule has 2 aromatic rings. The molecule has 4 rings (SSSR count). The highest BCUT2D eigenvalue weighted by Gasteiger charge is 2.26. The van der Waals surface area contributed by atoms with E-state index in [1.165, 1.54) is 5.56 Å². The standard InChI is InChI=1S/C19H22N2O4S/c1-23-16-10-15(11-17-18(16)25-8-7-24-17)19(22)21-5-3-20(4-6-21)12-14-2-9-26-13-14/h2,9-11,13H,3-8,12H2,1H3. The highest BCUT2D eigenvalue weighted by Crippen LogP contribution is 2.40. The van der Waals surface area contributed by atoms with Crippen LogP contribution in [0.15, 0.2) is 29.0 Å². The highest BCUT2D eigenvalue weighted by molar-refractivity contribution is 7.07. The van der Waals surface area contributed by atoms with Crippen LogP contribution in [-0.2, 0) is 6.54 Å². The van der Waals surface area contributed by atoms with Gasteiger partial charge >= 0.3 is 0 Å². The van der Waals surface area contributed by atoms with Crippen LogP contribution < -0.4 is 14.2 Å². The minimum atomic E-state index is 0.00968. The molecule has 1 fully saturated rings. The van der Waals surface area contributed by atoms with Crippen molar-refractivity contribution in [1.82, 2.24) is 9.80 Å². The van der Waals surface area contributed by atoms with E-state index in [1.54, 1.807) is 30.6 Å². The van der Waals surface area contributed by atoms with Gasteiger partial charge in [-0.15, -0.1) is 0 Å². The van der Waals surface area contributed by atoms with Crippen molar-refractivity contribution in [2.45, 2.75) is 6.54 Å². The van der Waals surface area contributed by atoms with Gasteiger partial charge in [-0.3, -0.25) is 9.69 Å². The van der Waals surface area contributed by atoms with Gasteiger partial charge in [0.05, 0.1) is 7.11 Å². The van der Waals surface area contributed by atoms with E-state index in [0.717, 1.165) is 32.7 Å². The summed E-state index contributed by atoms with van der Waals surface area (Å²) in [7, 11) is 1.57. The molecule has 1 aromatic heterocycles. The van der Waals surface area contributed by atoms with Crippen LogP contribution in [0.4, 0.5) is 0 Å². The second-order valence-corrected chi connectivity index (χ2v) is 7.18. The summed E-state index contributed by atoms with van der Waals surface area (Å²) in [4.78, 5) is 17.2. The highest BCUT2D eigenvalue weighted by atomic mass is 32.1. The SMILES string of the molecule is COc1cc(C(=O)N2CCN(Cc3ccsc3)CC2)cc2c1OCCO2. The first-order valence-corrected chi connectivity index (χ1v) is 9.69. The summed E-state index contributed by atoms with van der Waals surface area (Å²) in [5.74, 6) is 1.71. The molecule has 1 aromatic carbocycles. The monoisotopic (exact) mass is 374 g/mol. The molecule has 6 nitrogen and oxygen atoms in total. The third-order valence-corrected chi connectivity index (χ3v) is 5.45. The molecule has 1 saturated heterocycles. The Morgan fingerprint density at radius 2 is 2.00 bits per heavy atom. The molecule has 26 heavy (non-hydrogen) atoms. The zero-order valence-corrected chi connectivity index (χ0v) is 15.6. The number of ether oxygens (including phenoxy) is 3. The Bertz CT molecular complexity index is 753. The van der Waals surface area contributed by atoms with Crippen LogP contribution in [0.2, 0.25) is 0 Å². The Balaban J connectivity index is 1.43. The Morgan fingerprint density at radius 1 is 1.19 bits per heavy atom. The predicted octanol–water partition coefficient (Wildman–Crippen LogP) is 2.49. The Hall–Kier alpha value is -2.25. The lowest BCUT2D eigenvalue weighted by molar-refractivity contribution is 0.0627. The molecule has 2 aliphatic rings. The van der Waals surface area contributed by atoms with E-state index >= 15 is 0 Å². The van der Waals surface area contributed by atoms with Crippen molar-refractivity contribution in [2.75, 3.05) is 46.5 Å². The minimum Gasteiger partial charge on any atom is -0.493 e. The zero-order valence-electron chi connectivity index (χ0n) is 14.8. The van der Waals surface area contributed by atoms with Crippen molar-refractivity contribution in [3.05, 3.63) is 40.1 Å². The van der Waals surface area contributed by atoms with E-state index in [1.807, 2.05) is 4.90 Å². The molecule has 0 spiro atoms. The maximum atomic E-state index is 12.9. The van der Waals surface area contributed by atoms with E-state index < -0.39 is 0 Å². The molecule has 0 N–H and O–H groups in total. The smallest absolute Gasteiger partial charge is 0.254 e. The summed E-state index contributed by atoms with van der Waals surface area (Å²) in [5.41, 5.74) is 1.92. The number of benzene rings is 1. The van der Waals surface area contributed by atoms with Crippen molar-refractivity contribution in [3.8, 4) is 17.2 Å². The number of rotatable bonds is 4. The van der Waals surface area contributed by atoms with Crippen molar-refractivity contribution in [3.63, 3.8) is 0 Å². The largest absolute Gasteiger partial charge is 0.493 e. The van der Waals surface area contributed by atoms with Crippen LogP contribution in [0.3, 0.4) is 0 Å². The van der Waals surface area contributed by atoms with Crippen LogP contribution in [0, 0.1) is 0 Å². The molecule has 0 atom stereocenters. The molecule has 7 heteroatoms. The average molecular weight is 374 g/mol. The molecule has 0 unspecified atom stereocenters. The van der Waals surface area contributed by atoms with Gasteiger partial charge in [-0.25, -0.2) is 0 Å². The minimum absolute atomic E-state index is 0.00968. The van der Waals surface area contributed by atoms with Crippen molar-refractivity contribution >= 4 is 17.2 Å². The number of fused-ring (bicyclic) bond motifs is 1. The van der Waals surface area contributed by atoms with Gasteiger partial charge in [0, 0.05) is 38.3 Å². The summed E-state index contributed by atoms with van der Waals surface area (Å²) < 4.78 is 16.6. The summed E-state index contributed by atoms with van der Waals surface area (Å²) in [6.45, 7) is 5.12. The van der Waals surface area contributed by atoms with Crippen LogP contribution in [0.25, 0.3) is 0 Å². The Morgan fingerprint density at radius 3 is 2.73 bits per heavy atom. The first-order chi connectivity index (χ1) is 12.7. The fourth-order valence-electron chi connectivity index (χ4n) is 3.33. The molecule has 1 amide bonds. The molecule has 3 heterocycles. The summed E-state index contributed by atoms with van der Waals surface area (Å²) >= 11 is 1.72. The van der Waals surface area contributed by atoms with Gasteiger partial charge in [-0.1, -0.05) is 0 Å². The normalized spacial score (nSPS) is 17.2. The van der Waals surface area contributed by atoms with Crippen molar-refractivity contribution in [1.29, 1.82) is 0 Å². The quantitative estimate of drug-likeness (QED) is 0.823. The molecular weight excluding hydrogens is 352 g/mol. The van der Waals surface area contributed by atoms with Gasteiger partial charge in [-0.05, 0) is 34.5 Å². The second kappa shape index (κ2) is 7.55. The molecular formula is C19H22N2O4S. The number of piperazine rings is 1. The lowest BCUT2D eigenvalue weighted by Gasteiger charge is -2.34. The number of hydrogen-bond donors (Lipinski definition) is 0. The molecule has 0 radical (unpaired) electrons. The number of hydrogen-bond acceptors (Lipinski definition) is 6. The van der Waals surface area contributed by atoms with Gasteiger partial charge in [0.2, 0.25) is 5.75 Å². The van der Waals surface area contributed by atoms with Gasteiger partial charge in [-0.2, -0.15) is 11.3 Å². The number of thiophene rings is 1. The average Bonchev–Trinajstić information content (AvgIpc) is 3.20. The zero-order chi connectivity index (χ0) is 17.9. The first-order valence-electron chi connectivity index (χ1n) is 8.75. The third-order valence-electron chi connectivity index (χ3n) is 4.72. The van der Waals surface area contributed by atoms with E-state index in [2.05, 4.69) is 21.7 Å². The molecule has 138 valence electrons. The van der Waals surface area contributed by atoms with Crippen LogP contribution in [0.1, 0.15) is 15.9 Å². The third kappa shape index (κ3) is 3.50. The fraction of sp³-hybridized carbons (Fsp3) is 0.421. The number of nitrogens with zero attached hydrogens (tertiary/aromatic N) is 2. The van der Waals surface area contributed by atoms with Crippen LogP contribution in [-0.4, -0.2) is 62.2 Å². The van der Waals surface area contributed by atoms with Crippen molar-refractivity contribution < 1.29 is 19.0 Å². The van der Waals surface area contributed by atoms with E-state index in [4.69, 9.17) is 14.2 Å². The summed E-state index contributed by atoms with van der Waals surface area (Å²) in [6.07, 6.45) is 0.